The van der Waals surface area contributed by atoms with Gasteiger partial charge in [0.25, 0.3) is 5.91 Å². The highest BCUT2D eigenvalue weighted by Gasteiger charge is 2.44. The minimum absolute atomic E-state index is 0.0773. The van der Waals surface area contributed by atoms with Gasteiger partial charge in [-0.25, -0.2) is 0 Å². The molecule has 19 heavy (non-hydrogen) atoms. The minimum Gasteiger partial charge on any atom is -0.340 e. The van der Waals surface area contributed by atoms with Gasteiger partial charge in [0.05, 0.1) is 0 Å². The molecule has 0 bridgehead atoms. The highest BCUT2D eigenvalue weighted by Crippen LogP contribution is 2.28. The Morgan fingerprint density at radius 1 is 1.21 bits per heavy atom. The third-order valence-electron chi connectivity index (χ3n) is 3.57. The van der Waals surface area contributed by atoms with Crippen molar-refractivity contribution < 1.29 is 9.59 Å². The first kappa shape index (κ1) is 13.6. The normalized spacial score (nSPS) is 22.4. The lowest BCUT2D eigenvalue weighted by Crippen LogP contribution is -2.67. The van der Waals surface area contributed by atoms with Crippen LogP contribution in [0.4, 0.5) is 5.69 Å². The zero-order valence-corrected chi connectivity index (χ0v) is 12.1. The van der Waals surface area contributed by atoms with Gasteiger partial charge in [-0.3, -0.25) is 14.5 Å². The van der Waals surface area contributed by atoms with Crippen LogP contribution in [0.15, 0.2) is 18.2 Å². The van der Waals surface area contributed by atoms with Crippen molar-refractivity contribution in [3.63, 3.8) is 0 Å². The van der Waals surface area contributed by atoms with Gasteiger partial charge in [0.15, 0.2) is 0 Å². The molecule has 1 aliphatic heterocycles. The van der Waals surface area contributed by atoms with Crippen molar-refractivity contribution in [3.8, 4) is 0 Å². The monoisotopic (exact) mass is 260 g/mol. The van der Waals surface area contributed by atoms with Crippen molar-refractivity contribution in [2.24, 2.45) is 0 Å². The molecule has 0 spiro atoms. The van der Waals surface area contributed by atoms with E-state index in [1.165, 1.54) is 0 Å². The topological polar surface area (TPSA) is 49.4 Å². The Labute approximate surface area is 113 Å². The molecule has 1 aromatic carbocycles. The summed E-state index contributed by atoms with van der Waals surface area (Å²) in [6.07, 6.45) is 0. The number of benzene rings is 1. The van der Waals surface area contributed by atoms with Crippen molar-refractivity contribution in [3.05, 3.63) is 29.3 Å². The van der Waals surface area contributed by atoms with Gasteiger partial charge in [0.1, 0.15) is 11.6 Å². The van der Waals surface area contributed by atoms with Crippen LogP contribution in [0.25, 0.3) is 0 Å². The first-order chi connectivity index (χ1) is 8.74. The fourth-order valence-electron chi connectivity index (χ4n) is 2.45. The van der Waals surface area contributed by atoms with Crippen LogP contribution >= 0.6 is 0 Å². The standard InChI is InChI=1S/C15H20N2O2/c1-9-6-7-12(10(2)8-9)17-11(3)13(18)16-15(4,5)14(17)19/h6-8,11H,1-5H3,(H,16,18). The van der Waals surface area contributed by atoms with E-state index >= 15 is 0 Å². The van der Waals surface area contributed by atoms with Gasteiger partial charge in [0.2, 0.25) is 5.91 Å². The highest BCUT2D eigenvalue weighted by atomic mass is 16.2. The van der Waals surface area contributed by atoms with Crippen molar-refractivity contribution in [2.75, 3.05) is 4.90 Å². The number of aryl methyl sites for hydroxylation is 2. The highest BCUT2D eigenvalue weighted by molar-refractivity contribution is 6.10. The zero-order valence-electron chi connectivity index (χ0n) is 12.1. The second-order valence-corrected chi connectivity index (χ2v) is 5.76. The summed E-state index contributed by atoms with van der Waals surface area (Å²) in [6.45, 7) is 9.18. The first-order valence-corrected chi connectivity index (χ1v) is 6.47. The van der Waals surface area contributed by atoms with Gasteiger partial charge in [0, 0.05) is 5.69 Å². The molecule has 1 aromatic rings. The fraction of sp³-hybridized carbons (Fsp3) is 0.467. The van der Waals surface area contributed by atoms with E-state index in [1.54, 1.807) is 25.7 Å². The third-order valence-corrected chi connectivity index (χ3v) is 3.57. The van der Waals surface area contributed by atoms with Gasteiger partial charge < -0.3 is 5.32 Å². The minimum atomic E-state index is -0.860. The number of anilines is 1. The van der Waals surface area contributed by atoms with Crippen LogP contribution in [0.2, 0.25) is 0 Å². The summed E-state index contributed by atoms with van der Waals surface area (Å²) in [5, 5.41) is 2.76. The molecule has 2 amide bonds. The second kappa shape index (κ2) is 4.37. The summed E-state index contributed by atoms with van der Waals surface area (Å²) in [7, 11) is 0. The van der Waals surface area contributed by atoms with E-state index in [0.717, 1.165) is 16.8 Å². The lowest BCUT2D eigenvalue weighted by atomic mass is 9.95. The molecule has 1 unspecified atom stereocenters. The number of amides is 2. The molecule has 1 saturated heterocycles. The van der Waals surface area contributed by atoms with Crippen LogP contribution in [0.1, 0.15) is 31.9 Å². The van der Waals surface area contributed by atoms with E-state index in [2.05, 4.69) is 5.32 Å². The molecular weight excluding hydrogens is 240 g/mol. The summed E-state index contributed by atoms with van der Waals surface area (Å²) in [5.74, 6) is -0.198. The summed E-state index contributed by atoms with van der Waals surface area (Å²) in [6, 6.07) is 5.41. The Hall–Kier alpha value is -1.84. The van der Waals surface area contributed by atoms with E-state index in [4.69, 9.17) is 0 Å². The predicted molar refractivity (Wildman–Crippen MR) is 75.1 cm³/mol. The van der Waals surface area contributed by atoms with Gasteiger partial charge in [-0.05, 0) is 46.2 Å². The smallest absolute Gasteiger partial charge is 0.252 e. The molecule has 2 rings (SSSR count). The molecule has 1 aliphatic rings. The number of hydrogen-bond acceptors (Lipinski definition) is 2. The molecule has 1 fully saturated rings. The summed E-state index contributed by atoms with van der Waals surface area (Å²) in [5.41, 5.74) is 2.10. The zero-order chi connectivity index (χ0) is 14.4. The van der Waals surface area contributed by atoms with E-state index < -0.39 is 11.6 Å². The van der Waals surface area contributed by atoms with Crippen molar-refractivity contribution >= 4 is 17.5 Å². The molecule has 4 nitrogen and oxygen atoms in total. The van der Waals surface area contributed by atoms with E-state index in [9.17, 15) is 9.59 Å². The van der Waals surface area contributed by atoms with Crippen LogP contribution in [0.3, 0.4) is 0 Å². The Morgan fingerprint density at radius 2 is 1.84 bits per heavy atom. The first-order valence-electron chi connectivity index (χ1n) is 6.47. The van der Waals surface area contributed by atoms with Crippen LogP contribution in [0.5, 0.6) is 0 Å². The molecule has 0 aromatic heterocycles. The number of nitrogens with one attached hydrogen (secondary N) is 1. The van der Waals surface area contributed by atoms with Crippen LogP contribution in [-0.2, 0) is 9.59 Å². The van der Waals surface area contributed by atoms with Crippen molar-refractivity contribution in [1.29, 1.82) is 0 Å². The number of carbonyl (C=O) groups excluding carboxylic acids is 2. The van der Waals surface area contributed by atoms with Gasteiger partial charge in [-0.2, -0.15) is 0 Å². The van der Waals surface area contributed by atoms with Crippen molar-refractivity contribution in [2.45, 2.75) is 46.2 Å². The average molecular weight is 260 g/mol. The van der Waals surface area contributed by atoms with E-state index in [1.807, 2.05) is 32.0 Å². The summed E-state index contributed by atoms with van der Waals surface area (Å²) < 4.78 is 0. The molecule has 4 heteroatoms. The average Bonchev–Trinajstić information content (AvgIpc) is 2.29. The molecule has 102 valence electrons. The number of hydrogen-bond donors (Lipinski definition) is 1. The molecule has 0 radical (unpaired) electrons. The predicted octanol–water partition coefficient (Wildman–Crippen LogP) is 1.93. The van der Waals surface area contributed by atoms with Gasteiger partial charge >= 0.3 is 0 Å². The fourth-order valence-corrected chi connectivity index (χ4v) is 2.45. The molecule has 0 aliphatic carbocycles. The maximum atomic E-state index is 12.6. The Kier molecular flexibility index (Phi) is 3.12. The van der Waals surface area contributed by atoms with Gasteiger partial charge in [-0.15, -0.1) is 0 Å². The summed E-state index contributed by atoms with van der Waals surface area (Å²) >= 11 is 0. The molecular formula is C15H20N2O2. The molecule has 1 atom stereocenters. The van der Waals surface area contributed by atoms with E-state index in [-0.39, 0.29) is 11.8 Å². The molecule has 1 heterocycles. The maximum Gasteiger partial charge on any atom is 0.252 e. The molecule has 1 N–H and O–H groups in total. The molecule has 0 saturated carbocycles. The SMILES string of the molecule is Cc1ccc(N2C(=O)C(C)(C)NC(=O)C2C)c(C)c1. The van der Waals surface area contributed by atoms with Crippen LogP contribution < -0.4 is 10.2 Å². The number of nitrogens with zero attached hydrogens (tertiary/aromatic N) is 1. The number of rotatable bonds is 1. The Morgan fingerprint density at radius 3 is 2.42 bits per heavy atom. The van der Waals surface area contributed by atoms with Crippen LogP contribution in [0, 0.1) is 13.8 Å². The quantitative estimate of drug-likeness (QED) is 0.839. The maximum absolute atomic E-state index is 12.6. The lowest BCUT2D eigenvalue weighted by Gasteiger charge is -2.42. The Balaban J connectivity index is 2.51. The van der Waals surface area contributed by atoms with Gasteiger partial charge in [-0.1, -0.05) is 17.7 Å². The van der Waals surface area contributed by atoms with E-state index in [0.29, 0.717) is 0 Å². The lowest BCUT2D eigenvalue weighted by molar-refractivity contribution is -0.136. The second-order valence-electron chi connectivity index (χ2n) is 5.76. The number of piperazine rings is 1. The Bertz CT molecular complexity index is 549. The number of carbonyl (C=O) groups is 2. The largest absolute Gasteiger partial charge is 0.340 e. The van der Waals surface area contributed by atoms with Crippen molar-refractivity contribution in [1.82, 2.24) is 5.32 Å². The van der Waals surface area contributed by atoms with Crippen LogP contribution in [-0.4, -0.2) is 23.4 Å². The summed E-state index contributed by atoms with van der Waals surface area (Å²) in [4.78, 5) is 26.2. The third kappa shape index (κ3) is 2.23.